The van der Waals surface area contributed by atoms with Gasteiger partial charge in [0, 0.05) is 56.8 Å². The minimum Gasteiger partial charge on any atom is -0.384 e. The lowest BCUT2D eigenvalue weighted by atomic mass is 10.0. The van der Waals surface area contributed by atoms with E-state index in [9.17, 15) is 4.39 Å². The zero-order valence-corrected chi connectivity index (χ0v) is 18.6. The predicted molar refractivity (Wildman–Crippen MR) is 120 cm³/mol. The lowest BCUT2D eigenvalue weighted by Crippen LogP contribution is -2.38. The molecule has 32 heavy (non-hydrogen) atoms. The molecular weight excluding hydrogens is 407 g/mol. The second-order valence-electron chi connectivity index (χ2n) is 8.19. The van der Waals surface area contributed by atoms with Crippen LogP contribution in [0.25, 0.3) is 0 Å². The molecule has 3 heterocycles. The van der Waals surface area contributed by atoms with Crippen molar-refractivity contribution < 1.29 is 13.9 Å². The second kappa shape index (κ2) is 10.7. The first-order chi connectivity index (χ1) is 15.6. The Labute approximate surface area is 188 Å². The highest BCUT2D eigenvalue weighted by molar-refractivity contribution is 5.29. The minimum absolute atomic E-state index is 0.0856. The molecule has 2 aromatic heterocycles. The van der Waals surface area contributed by atoms with E-state index >= 15 is 0 Å². The van der Waals surface area contributed by atoms with E-state index in [1.54, 1.807) is 7.11 Å². The normalized spacial score (nSPS) is 16.9. The topological polar surface area (TPSA) is 60.4 Å². The molecule has 168 valence electrons. The fourth-order valence-corrected chi connectivity index (χ4v) is 3.94. The Bertz CT molecular complexity index is 1010. The standard InChI is InChI=1S/C25H29FN4O2/c1-18-11-20(12-19-3-5-22(26)6-4-19)13-23(29-18)24-17-30(8-10-32-24)16-21-14-27-25(28-15-21)7-9-31-2/h3-6,11,13-15,24H,7-10,12,16-17H2,1-2H3/t24-/m1/s1. The summed E-state index contributed by atoms with van der Waals surface area (Å²) in [4.78, 5) is 16.0. The van der Waals surface area contributed by atoms with Crippen molar-refractivity contribution in [3.05, 3.63) is 88.5 Å². The lowest BCUT2D eigenvalue weighted by Gasteiger charge is -2.32. The summed E-state index contributed by atoms with van der Waals surface area (Å²) in [7, 11) is 1.68. The van der Waals surface area contributed by atoms with Crippen LogP contribution in [0, 0.1) is 12.7 Å². The van der Waals surface area contributed by atoms with Gasteiger partial charge in [-0.1, -0.05) is 12.1 Å². The van der Waals surface area contributed by atoms with Gasteiger partial charge in [-0.2, -0.15) is 0 Å². The number of aromatic nitrogens is 3. The quantitative estimate of drug-likeness (QED) is 0.537. The summed E-state index contributed by atoms with van der Waals surface area (Å²) in [6.45, 7) is 5.67. The van der Waals surface area contributed by atoms with Crippen LogP contribution in [-0.2, 0) is 28.9 Å². The van der Waals surface area contributed by atoms with Gasteiger partial charge in [0.1, 0.15) is 17.7 Å². The number of hydrogen-bond donors (Lipinski definition) is 0. The number of aryl methyl sites for hydroxylation is 1. The number of hydrogen-bond acceptors (Lipinski definition) is 6. The minimum atomic E-state index is -0.217. The van der Waals surface area contributed by atoms with Crippen LogP contribution in [0.5, 0.6) is 0 Å². The van der Waals surface area contributed by atoms with E-state index in [-0.39, 0.29) is 11.9 Å². The summed E-state index contributed by atoms with van der Waals surface area (Å²) in [6, 6.07) is 10.8. The largest absolute Gasteiger partial charge is 0.384 e. The van der Waals surface area contributed by atoms with Crippen LogP contribution in [0.15, 0.2) is 48.8 Å². The van der Waals surface area contributed by atoms with E-state index in [1.165, 1.54) is 12.1 Å². The van der Waals surface area contributed by atoms with Crippen LogP contribution in [0.4, 0.5) is 4.39 Å². The summed E-state index contributed by atoms with van der Waals surface area (Å²) in [5, 5.41) is 0. The molecule has 0 aliphatic carbocycles. The molecule has 1 saturated heterocycles. The SMILES string of the molecule is COCCc1ncc(CN2CCO[C@@H](c3cc(Cc4ccc(F)cc4)cc(C)n3)C2)cn1. The van der Waals surface area contributed by atoms with Crippen molar-refractivity contribution in [1.29, 1.82) is 0 Å². The van der Waals surface area contributed by atoms with Gasteiger partial charge in [-0.3, -0.25) is 9.88 Å². The summed E-state index contributed by atoms with van der Waals surface area (Å²) in [6.07, 6.45) is 5.16. The number of rotatable bonds is 8. The molecule has 1 aromatic carbocycles. The fourth-order valence-electron chi connectivity index (χ4n) is 3.94. The van der Waals surface area contributed by atoms with Crippen LogP contribution in [0.1, 0.15) is 40.0 Å². The number of methoxy groups -OCH3 is 1. The molecule has 0 saturated carbocycles. The first kappa shape index (κ1) is 22.5. The lowest BCUT2D eigenvalue weighted by molar-refractivity contribution is -0.0351. The molecule has 1 fully saturated rings. The molecule has 1 aliphatic heterocycles. The van der Waals surface area contributed by atoms with E-state index in [4.69, 9.17) is 14.5 Å². The van der Waals surface area contributed by atoms with Crippen molar-refractivity contribution in [1.82, 2.24) is 19.9 Å². The summed E-state index contributed by atoms with van der Waals surface area (Å²) in [5.41, 5.74) is 5.21. The Hall–Kier alpha value is -2.74. The highest BCUT2D eigenvalue weighted by atomic mass is 19.1. The van der Waals surface area contributed by atoms with E-state index < -0.39 is 0 Å². The highest BCUT2D eigenvalue weighted by Gasteiger charge is 2.24. The summed E-state index contributed by atoms with van der Waals surface area (Å²) >= 11 is 0. The van der Waals surface area contributed by atoms with Gasteiger partial charge in [0.05, 0.1) is 18.9 Å². The van der Waals surface area contributed by atoms with Gasteiger partial charge in [0.15, 0.2) is 0 Å². The molecule has 1 aliphatic rings. The van der Waals surface area contributed by atoms with Gasteiger partial charge >= 0.3 is 0 Å². The zero-order valence-electron chi connectivity index (χ0n) is 18.6. The van der Waals surface area contributed by atoms with E-state index in [0.717, 1.165) is 66.4 Å². The maximum Gasteiger partial charge on any atom is 0.130 e. The molecule has 0 N–H and O–H groups in total. The number of morpholine rings is 1. The molecule has 0 spiro atoms. The van der Waals surface area contributed by atoms with Gasteiger partial charge in [0.25, 0.3) is 0 Å². The number of nitrogens with zero attached hydrogens (tertiary/aromatic N) is 4. The third-order valence-corrected chi connectivity index (χ3v) is 5.53. The Balaban J connectivity index is 1.41. The molecule has 1 atom stereocenters. The van der Waals surface area contributed by atoms with Crippen LogP contribution in [0.2, 0.25) is 0 Å². The van der Waals surface area contributed by atoms with Crippen molar-refractivity contribution in [3.8, 4) is 0 Å². The first-order valence-electron chi connectivity index (χ1n) is 10.9. The Morgan fingerprint density at radius 3 is 2.62 bits per heavy atom. The molecule has 7 heteroatoms. The van der Waals surface area contributed by atoms with Crippen molar-refractivity contribution in [3.63, 3.8) is 0 Å². The molecule has 0 bridgehead atoms. The third kappa shape index (κ3) is 6.16. The first-order valence-corrected chi connectivity index (χ1v) is 10.9. The van der Waals surface area contributed by atoms with E-state index in [1.807, 2.05) is 31.5 Å². The number of halogens is 1. The zero-order chi connectivity index (χ0) is 22.3. The Kier molecular flexibility index (Phi) is 7.52. The molecule has 4 rings (SSSR count). The fraction of sp³-hybridized carbons (Fsp3) is 0.400. The molecule has 0 amide bonds. The smallest absolute Gasteiger partial charge is 0.130 e. The van der Waals surface area contributed by atoms with Gasteiger partial charge in [-0.15, -0.1) is 0 Å². The summed E-state index contributed by atoms with van der Waals surface area (Å²) < 4.78 is 24.4. The number of benzene rings is 1. The van der Waals surface area contributed by atoms with E-state index in [0.29, 0.717) is 13.2 Å². The van der Waals surface area contributed by atoms with Crippen molar-refractivity contribution in [2.24, 2.45) is 0 Å². The second-order valence-corrected chi connectivity index (χ2v) is 8.19. The molecule has 0 radical (unpaired) electrons. The Morgan fingerprint density at radius 2 is 1.88 bits per heavy atom. The van der Waals surface area contributed by atoms with Crippen LogP contribution >= 0.6 is 0 Å². The average molecular weight is 437 g/mol. The highest BCUT2D eigenvalue weighted by Crippen LogP contribution is 2.24. The van der Waals surface area contributed by atoms with Crippen molar-refractivity contribution in [2.75, 3.05) is 33.4 Å². The van der Waals surface area contributed by atoms with Gasteiger partial charge < -0.3 is 9.47 Å². The Morgan fingerprint density at radius 1 is 1.09 bits per heavy atom. The third-order valence-electron chi connectivity index (χ3n) is 5.53. The van der Waals surface area contributed by atoms with Crippen molar-refractivity contribution in [2.45, 2.75) is 32.4 Å². The van der Waals surface area contributed by atoms with Crippen LogP contribution < -0.4 is 0 Å². The van der Waals surface area contributed by atoms with Gasteiger partial charge in [0.2, 0.25) is 0 Å². The molecule has 6 nitrogen and oxygen atoms in total. The number of ether oxygens (including phenoxy) is 2. The number of pyridine rings is 1. The van der Waals surface area contributed by atoms with Gasteiger partial charge in [-0.05, 0) is 48.7 Å². The maximum absolute atomic E-state index is 13.2. The van der Waals surface area contributed by atoms with Gasteiger partial charge in [-0.25, -0.2) is 14.4 Å². The van der Waals surface area contributed by atoms with Crippen molar-refractivity contribution >= 4 is 0 Å². The molecule has 0 unspecified atom stereocenters. The predicted octanol–water partition coefficient (Wildman–Crippen LogP) is 3.67. The monoisotopic (exact) mass is 436 g/mol. The summed E-state index contributed by atoms with van der Waals surface area (Å²) in [5.74, 6) is 0.583. The maximum atomic E-state index is 13.2. The van der Waals surface area contributed by atoms with Crippen LogP contribution in [-0.4, -0.2) is 53.3 Å². The molecule has 3 aromatic rings. The molecular formula is C25H29FN4O2. The average Bonchev–Trinajstić information content (AvgIpc) is 2.80. The van der Waals surface area contributed by atoms with Crippen LogP contribution in [0.3, 0.4) is 0 Å². The van der Waals surface area contributed by atoms with E-state index in [2.05, 4.69) is 27.0 Å².